The van der Waals surface area contributed by atoms with Crippen molar-refractivity contribution in [1.82, 2.24) is 9.78 Å². The van der Waals surface area contributed by atoms with Crippen LogP contribution >= 0.6 is 0 Å². The molecule has 0 saturated carbocycles. The van der Waals surface area contributed by atoms with Gasteiger partial charge < -0.3 is 5.73 Å². The SMILES string of the molecule is C=CCn1cc(C(=O)CCN)cn1. The number of Topliss-reactive ketones (excluding diaryl/α,β-unsaturated/α-hetero) is 1. The first kappa shape index (κ1) is 9.67. The topological polar surface area (TPSA) is 60.9 Å². The van der Waals surface area contributed by atoms with Gasteiger partial charge in [0.25, 0.3) is 0 Å². The second kappa shape index (κ2) is 4.57. The summed E-state index contributed by atoms with van der Waals surface area (Å²) in [4.78, 5) is 11.3. The fourth-order valence-electron chi connectivity index (χ4n) is 1.02. The van der Waals surface area contributed by atoms with Gasteiger partial charge in [0.2, 0.25) is 0 Å². The number of hydrogen-bond acceptors (Lipinski definition) is 3. The van der Waals surface area contributed by atoms with Gasteiger partial charge in [-0.05, 0) is 6.54 Å². The van der Waals surface area contributed by atoms with E-state index in [9.17, 15) is 4.79 Å². The van der Waals surface area contributed by atoms with Crippen LogP contribution in [0.3, 0.4) is 0 Å². The number of hydrogen-bond donors (Lipinski definition) is 1. The van der Waals surface area contributed by atoms with E-state index in [1.807, 2.05) is 0 Å². The fraction of sp³-hybridized carbons (Fsp3) is 0.333. The van der Waals surface area contributed by atoms with Crippen LogP contribution in [0.5, 0.6) is 0 Å². The highest BCUT2D eigenvalue weighted by Crippen LogP contribution is 2.01. The predicted molar refractivity (Wildman–Crippen MR) is 50.4 cm³/mol. The first-order chi connectivity index (χ1) is 6.27. The molecule has 0 atom stereocenters. The second-order valence-corrected chi connectivity index (χ2v) is 2.70. The average Bonchev–Trinajstić information content (AvgIpc) is 2.54. The standard InChI is InChI=1S/C9H13N3O/c1-2-5-12-7-8(6-11-12)9(13)3-4-10/h2,6-7H,1,3-5,10H2. The lowest BCUT2D eigenvalue weighted by Gasteiger charge is -1.93. The molecule has 0 aliphatic rings. The minimum Gasteiger partial charge on any atom is -0.330 e. The molecular formula is C9H13N3O. The van der Waals surface area contributed by atoms with Crippen molar-refractivity contribution in [3.05, 3.63) is 30.6 Å². The lowest BCUT2D eigenvalue weighted by molar-refractivity contribution is 0.0985. The van der Waals surface area contributed by atoms with Gasteiger partial charge in [0.05, 0.1) is 18.3 Å². The Kier molecular flexibility index (Phi) is 3.40. The second-order valence-electron chi connectivity index (χ2n) is 2.70. The molecule has 1 aromatic rings. The average molecular weight is 179 g/mol. The van der Waals surface area contributed by atoms with E-state index in [-0.39, 0.29) is 5.78 Å². The molecule has 1 rings (SSSR count). The van der Waals surface area contributed by atoms with E-state index in [1.165, 1.54) is 0 Å². The summed E-state index contributed by atoms with van der Waals surface area (Å²) in [7, 11) is 0. The van der Waals surface area contributed by atoms with Crippen molar-refractivity contribution >= 4 is 5.78 Å². The molecule has 0 aliphatic carbocycles. The van der Waals surface area contributed by atoms with Gasteiger partial charge in [0, 0.05) is 12.6 Å². The minimum absolute atomic E-state index is 0.0396. The van der Waals surface area contributed by atoms with Gasteiger partial charge in [-0.3, -0.25) is 9.48 Å². The Labute approximate surface area is 77.0 Å². The van der Waals surface area contributed by atoms with Crippen molar-refractivity contribution in [3.63, 3.8) is 0 Å². The maximum atomic E-state index is 11.3. The van der Waals surface area contributed by atoms with Gasteiger partial charge in [-0.1, -0.05) is 6.08 Å². The summed E-state index contributed by atoms with van der Waals surface area (Å²) in [5, 5.41) is 3.99. The molecule has 0 bridgehead atoms. The Morgan fingerprint density at radius 2 is 2.54 bits per heavy atom. The molecule has 13 heavy (non-hydrogen) atoms. The third-order valence-corrected chi connectivity index (χ3v) is 1.64. The number of aromatic nitrogens is 2. The van der Waals surface area contributed by atoms with E-state index in [2.05, 4.69) is 11.7 Å². The largest absolute Gasteiger partial charge is 0.330 e. The Bertz CT molecular complexity index is 304. The number of allylic oxidation sites excluding steroid dienone is 1. The summed E-state index contributed by atoms with van der Waals surface area (Å²) in [5.74, 6) is 0.0396. The smallest absolute Gasteiger partial charge is 0.167 e. The van der Waals surface area contributed by atoms with Crippen LogP contribution in [0.15, 0.2) is 25.0 Å². The molecule has 0 aromatic carbocycles. The van der Waals surface area contributed by atoms with Gasteiger partial charge in [-0.15, -0.1) is 6.58 Å². The van der Waals surface area contributed by atoms with Gasteiger partial charge in [-0.2, -0.15) is 5.10 Å². The van der Waals surface area contributed by atoms with Crippen LogP contribution < -0.4 is 5.73 Å². The zero-order valence-electron chi connectivity index (χ0n) is 7.44. The zero-order chi connectivity index (χ0) is 9.68. The maximum absolute atomic E-state index is 11.3. The van der Waals surface area contributed by atoms with E-state index < -0.39 is 0 Å². The number of carbonyl (C=O) groups is 1. The van der Waals surface area contributed by atoms with Gasteiger partial charge in [-0.25, -0.2) is 0 Å². The number of nitrogens with two attached hydrogens (primary N) is 1. The van der Waals surface area contributed by atoms with Crippen molar-refractivity contribution in [2.75, 3.05) is 6.54 Å². The van der Waals surface area contributed by atoms with Crippen LogP contribution in [0.2, 0.25) is 0 Å². The highest BCUT2D eigenvalue weighted by atomic mass is 16.1. The van der Waals surface area contributed by atoms with E-state index in [0.717, 1.165) is 0 Å². The first-order valence-corrected chi connectivity index (χ1v) is 4.14. The summed E-state index contributed by atoms with van der Waals surface area (Å²) < 4.78 is 1.66. The molecule has 0 radical (unpaired) electrons. The Balaban J connectivity index is 2.67. The van der Waals surface area contributed by atoms with Gasteiger partial charge in [0.1, 0.15) is 0 Å². The van der Waals surface area contributed by atoms with Crippen molar-refractivity contribution in [2.24, 2.45) is 5.73 Å². The molecule has 2 N–H and O–H groups in total. The molecule has 0 spiro atoms. The molecular weight excluding hydrogens is 166 g/mol. The van der Waals surface area contributed by atoms with E-state index in [0.29, 0.717) is 25.1 Å². The summed E-state index contributed by atoms with van der Waals surface area (Å²) in [6.07, 6.45) is 5.37. The number of ketones is 1. The number of nitrogens with zero attached hydrogens (tertiary/aromatic N) is 2. The van der Waals surface area contributed by atoms with Crippen molar-refractivity contribution in [3.8, 4) is 0 Å². The van der Waals surface area contributed by atoms with Crippen LogP contribution in [0, 0.1) is 0 Å². The quantitative estimate of drug-likeness (QED) is 0.532. The third-order valence-electron chi connectivity index (χ3n) is 1.64. The summed E-state index contributed by atoms with van der Waals surface area (Å²) >= 11 is 0. The van der Waals surface area contributed by atoms with Crippen molar-refractivity contribution in [1.29, 1.82) is 0 Å². The Hall–Kier alpha value is -1.42. The molecule has 4 nitrogen and oxygen atoms in total. The van der Waals surface area contributed by atoms with Crippen LogP contribution in [-0.4, -0.2) is 22.1 Å². The van der Waals surface area contributed by atoms with Gasteiger partial charge in [0.15, 0.2) is 5.78 Å². The Morgan fingerprint density at radius 1 is 1.77 bits per heavy atom. The summed E-state index contributed by atoms with van der Waals surface area (Å²) in [6.45, 7) is 4.58. The number of carbonyl (C=O) groups excluding carboxylic acids is 1. The number of rotatable bonds is 5. The van der Waals surface area contributed by atoms with Crippen LogP contribution in [0.25, 0.3) is 0 Å². The fourth-order valence-corrected chi connectivity index (χ4v) is 1.02. The molecule has 0 amide bonds. The van der Waals surface area contributed by atoms with E-state index in [4.69, 9.17) is 5.73 Å². The van der Waals surface area contributed by atoms with Crippen LogP contribution in [-0.2, 0) is 6.54 Å². The van der Waals surface area contributed by atoms with E-state index in [1.54, 1.807) is 23.2 Å². The maximum Gasteiger partial charge on any atom is 0.167 e. The van der Waals surface area contributed by atoms with Gasteiger partial charge >= 0.3 is 0 Å². The summed E-state index contributed by atoms with van der Waals surface area (Å²) in [6, 6.07) is 0. The molecule has 1 aromatic heterocycles. The molecule has 0 fully saturated rings. The van der Waals surface area contributed by atoms with Crippen LogP contribution in [0.4, 0.5) is 0 Å². The zero-order valence-corrected chi connectivity index (χ0v) is 7.44. The highest BCUT2D eigenvalue weighted by Gasteiger charge is 2.06. The normalized spacial score (nSPS) is 9.92. The first-order valence-electron chi connectivity index (χ1n) is 4.14. The minimum atomic E-state index is 0.0396. The van der Waals surface area contributed by atoms with E-state index >= 15 is 0 Å². The van der Waals surface area contributed by atoms with Crippen LogP contribution in [0.1, 0.15) is 16.8 Å². The predicted octanol–water partition coefficient (Wildman–Crippen LogP) is 0.601. The summed E-state index contributed by atoms with van der Waals surface area (Å²) in [5.41, 5.74) is 5.89. The molecule has 70 valence electrons. The molecule has 4 heteroatoms. The van der Waals surface area contributed by atoms with Crippen molar-refractivity contribution in [2.45, 2.75) is 13.0 Å². The molecule has 0 aliphatic heterocycles. The third kappa shape index (κ3) is 2.52. The van der Waals surface area contributed by atoms with Crippen molar-refractivity contribution < 1.29 is 4.79 Å². The lowest BCUT2D eigenvalue weighted by atomic mass is 10.2. The lowest BCUT2D eigenvalue weighted by Crippen LogP contribution is -2.07. The molecule has 0 saturated heterocycles. The molecule has 0 unspecified atom stereocenters. The monoisotopic (exact) mass is 179 g/mol. The molecule has 1 heterocycles. The highest BCUT2D eigenvalue weighted by molar-refractivity contribution is 5.95. The Morgan fingerprint density at radius 3 is 3.15 bits per heavy atom.